The molecule has 204 valence electrons. The van der Waals surface area contributed by atoms with Crippen LogP contribution in [0.3, 0.4) is 0 Å². The molecule has 1 aromatic carbocycles. The number of ether oxygens (including phenoxy) is 1. The van der Waals surface area contributed by atoms with Gasteiger partial charge in [0.25, 0.3) is 0 Å². The zero-order valence-corrected chi connectivity index (χ0v) is 20.4. The topological polar surface area (TPSA) is 162 Å². The summed E-state index contributed by atoms with van der Waals surface area (Å²) in [4.78, 5) is 21.1. The lowest BCUT2D eigenvalue weighted by Gasteiger charge is -2.26. The minimum atomic E-state index is -5.37. The first-order valence-corrected chi connectivity index (χ1v) is 12.7. The Morgan fingerprint density at radius 2 is 2.00 bits per heavy atom. The first kappa shape index (κ1) is 28.7. The highest BCUT2D eigenvalue weighted by molar-refractivity contribution is 7.91. The summed E-state index contributed by atoms with van der Waals surface area (Å²) in [6.45, 7) is 2.84. The Morgan fingerprint density at radius 1 is 1.30 bits per heavy atom. The van der Waals surface area contributed by atoms with Crippen molar-refractivity contribution in [3.63, 3.8) is 0 Å². The van der Waals surface area contributed by atoms with Gasteiger partial charge in [0.05, 0.1) is 29.7 Å². The highest BCUT2D eigenvalue weighted by Gasteiger charge is 2.42. The molecular formula is C19H21ClF4N6O6S. The number of hydrogen-bond donors (Lipinski definition) is 2. The van der Waals surface area contributed by atoms with E-state index >= 15 is 0 Å². The predicted molar refractivity (Wildman–Crippen MR) is 120 cm³/mol. The summed E-state index contributed by atoms with van der Waals surface area (Å²) in [5.74, 6) is -4.55. The Bertz CT molecular complexity index is 1240. The molecule has 12 nitrogen and oxygen atoms in total. The Balaban J connectivity index is 1.84. The number of nitrogens with zero attached hydrogens (tertiary/aromatic N) is 4. The summed E-state index contributed by atoms with van der Waals surface area (Å²) in [5.41, 5.74) is 6.35. The van der Waals surface area contributed by atoms with E-state index < -0.39 is 50.4 Å². The number of aromatic nitrogens is 2. The van der Waals surface area contributed by atoms with Crippen molar-refractivity contribution in [1.82, 2.24) is 20.7 Å². The number of hydroxylamine groups is 1. The standard InChI is InChI=1S/C19H21ClF4N6O6S/c20-12-10-11(2-3-13(12)21)26-17(29-35-18(31)19(22,23)24)15-14(27-36-28-15)16(25)37(32,33)9-1-4-30-5-7-34-8-6-30/h2-3,10,16H,1,4-9,25H2,(H,26,29). The van der Waals surface area contributed by atoms with Crippen molar-refractivity contribution in [2.45, 2.75) is 18.0 Å². The fraction of sp³-hybridized carbons (Fsp3) is 0.474. The first-order chi connectivity index (χ1) is 17.4. The van der Waals surface area contributed by atoms with Crippen molar-refractivity contribution in [2.75, 3.05) is 38.6 Å². The molecule has 2 heterocycles. The number of hydrogen-bond acceptors (Lipinski definition) is 11. The van der Waals surface area contributed by atoms with Gasteiger partial charge >= 0.3 is 12.1 Å². The van der Waals surface area contributed by atoms with Crippen LogP contribution in [-0.4, -0.2) is 80.2 Å². The molecule has 3 N–H and O–H groups in total. The van der Waals surface area contributed by atoms with Crippen LogP contribution in [0.15, 0.2) is 27.8 Å². The quantitative estimate of drug-likeness (QED) is 0.205. The van der Waals surface area contributed by atoms with Gasteiger partial charge in [0.1, 0.15) is 11.5 Å². The van der Waals surface area contributed by atoms with E-state index in [1.165, 1.54) is 0 Å². The molecule has 1 fully saturated rings. The number of alkyl halides is 3. The van der Waals surface area contributed by atoms with Crippen LogP contribution >= 0.6 is 11.6 Å². The normalized spacial score (nSPS) is 16.4. The van der Waals surface area contributed by atoms with Crippen LogP contribution in [0.2, 0.25) is 5.02 Å². The molecule has 0 bridgehead atoms. The van der Waals surface area contributed by atoms with Gasteiger partial charge < -0.3 is 15.3 Å². The second-order valence-corrected chi connectivity index (χ2v) is 10.3. The van der Waals surface area contributed by atoms with E-state index in [-0.39, 0.29) is 22.9 Å². The number of nitrogens with two attached hydrogens (primary N) is 1. The van der Waals surface area contributed by atoms with E-state index in [9.17, 15) is 30.8 Å². The third kappa shape index (κ3) is 7.81. The molecule has 3 rings (SSSR count). The van der Waals surface area contributed by atoms with Crippen molar-refractivity contribution < 1.29 is 45.0 Å². The molecule has 1 atom stereocenters. The highest BCUT2D eigenvalue weighted by atomic mass is 35.5. The monoisotopic (exact) mass is 572 g/mol. The van der Waals surface area contributed by atoms with Crippen molar-refractivity contribution in [3.8, 4) is 0 Å². The third-order valence-corrected chi connectivity index (χ3v) is 7.16. The minimum absolute atomic E-state index is 0.132. The van der Waals surface area contributed by atoms with Crippen LogP contribution in [0.4, 0.5) is 23.2 Å². The summed E-state index contributed by atoms with van der Waals surface area (Å²) in [6, 6.07) is 3.00. The zero-order chi connectivity index (χ0) is 27.2. The molecular weight excluding hydrogens is 552 g/mol. The molecule has 18 heteroatoms. The summed E-state index contributed by atoms with van der Waals surface area (Å²) in [6.07, 6.45) is -5.14. The number of sulfone groups is 1. The van der Waals surface area contributed by atoms with E-state index in [1.807, 2.05) is 4.90 Å². The van der Waals surface area contributed by atoms with Gasteiger partial charge in [0.2, 0.25) is 0 Å². The first-order valence-electron chi connectivity index (χ1n) is 10.6. The Labute approximate surface area is 212 Å². The van der Waals surface area contributed by atoms with Crippen molar-refractivity contribution >= 4 is 38.9 Å². The number of rotatable bonds is 8. The third-order valence-electron chi connectivity index (χ3n) is 5.02. The van der Waals surface area contributed by atoms with Crippen LogP contribution in [0.5, 0.6) is 0 Å². The Hall–Kier alpha value is -2.86. The van der Waals surface area contributed by atoms with Gasteiger partial charge in [-0.3, -0.25) is 4.90 Å². The second-order valence-electron chi connectivity index (χ2n) is 7.64. The summed E-state index contributed by atoms with van der Waals surface area (Å²) in [5, 5.41) is 4.72. The maximum atomic E-state index is 13.5. The lowest BCUT2D eigenvalue weighted by Crippen LogP contribution is -2.38. The van der Waals surface area contributed by atoms with Crippen molar-refractivity contribution in [2.24, 2.45) is 10.7 Å². The van der Waals surface area contributed by atoms with Crippen LogP contribution in [0, 0.1) is 5.82 Å². The maximum absolute atomic E-state index is 13.5. The molecule has 1 aromatic heterocycles. The molecule has 0 aliphatic carbocycles. The van der Waals surface area contributed by atoms with Gasteiger partial charge in [0.15, 0.2) is 26.7 Å². The minimum Gasteiger partial charge on any atom is -0.379 e. The van der Waals surface area contributed by atoms with E-state index in [4.69, 9.17) is 22.1 Å². The van der Waals surface area contributed by atoms with Crippen molar-refractivity contribution in [3.05, 3.63) is 40.4 Å². The number of morpholine rings is 1. The Kier molecular flexibility index (Phi) is 9.41. The van der Waals surface area contributed by atoms with E-state index in [0.717, 1.165) is 18.2 Å². The van der Waals surface area contributed by atoms with Crippen LogP contribution in [0.25, 0.3) is 0 Å². The number of halogens is 5. The average Bonchev–Trinajstić information content (AvgIpc) is 3.32. The molecule has 2 aromatic rings. The van der Waals surface area contributed by atoms with Gasteiger partial charge in [-0.25, -0.2) is 27.2 Å². The lowest BCUT2D eigenvalue weighted by atomic mass is 10.2. The molecule has 0 radical (unpaired) electrons. The molecule has 37 heavy (non-hydrogen) atoms. The predicted octanol–water partition coefficient (Wildman–Crippen LogP) is 1.64. The number of nitrogens with one attached hydrogen (secondary N) is 1. The maximum Gasteiger partial charge on any atom is 0.493 e. The van der Waals surface area contributed by atoms with Gasteiger partial charge in [0, 0.05) is 13.1 Å². The fourth-order valence-electron chi connectivity index (χ4n) is 3.12. The summed E-state index contributed by atoms with van der Waals surface area (Å²) in [7, 11) is -4.06. The lowest BCUT2D eigenvalue weighted by molar-refractivity contribution is -0.203. The number of carbonyl (C=O) groups excluding carboxylic acids is 1. The number of amidine groups is 1. The molecule has 1 saturated heterocycles. The number of aliphatic imine (C=N–C) groups is 1. The molecule has 0 spiro atoms. The van der Waals surface area contributed by atoms with E-state index in [2.05, 4.69) is 24.8 Å². The van der Waals surface area contributed by atoms with Crippen molar-refractivity contribution in [1.29, 1.82) is 0 Å². The Morgan fingerprint density at radius 3 is 2.65 bits per heavy atom. The van der Waals surface area contributed by atoms with Gasteiger partial charge in [-0.05, 0) is 36.3 Å². The summed E-state index contributed by atoms with van der Waals surface area (Å²) >= 11 is 5.70. The van der Waals surface area contributed by atoms with Crippen LogP contribution in [0.1, 0.15) is 23.2 Å². The molecule has 1 aliphatic rings. The highest BCUT2D eigenvalue weighted by Crippen LogP contribution is 2.25. The second kappa shape index (κ2) is 12.1. The fourth-order valence-corrected chi connectivity index (χ4v) is 4.57. The SMILES string of the molecule is NC(c1nonc1C(=Nc1ccc(F)c(Cl)c1)NOC(=O)C(F)(F)F)S(=O)(=O)CCCN1CCOCC1. The molecule has 1 aliphatic heterocycles. The molecule has 0 amide bonds. The molecule has 1 unspecified atom stereocenters. The van der Waals surface area contributed by atoms with Gasteiger partial charge in [-0.2, -0.15) is 18.7 Å². The van der Waals surface area contributed by atoms with Crippen LogP contribution < -0.4 is 11.2 Å². The summed E-state index contributed by atoms with van der Waals surface area (Å²) < 4.78 is 86.8. The smallest absolute Gasteiger partial charge is 0.379 e. The largest absolute Gasteiger partial charge is 0.493 e. The van der Waals surface area contributed by atoms with E-state index in [1.54, 1.807) is 5.48 Å². The number of carbonyl (C=O) groups is 1. The molecule has 0 saturated carbocycles. The average molecular weight is 573 g/mol. The van der Waals surface area contributed by atoms with E-state index in [0.29, 0.717) is 32.8 Å². The zero-order valence-electron chi connectivity index (χ0n) is 18.9. The van der Waals surface area contributed by atoms with Crippen LogP contribution in [-0.2, 0) is 24.2 Å². The van der Waals surface area contributed by atoms with Gasteiger partial charge in [-0.15, -0.1) is 0 Å². The number of benzene rings is 1. The van der Waals surface area contributed by atoms with Gasteiger partial charge in [-0.1, -0.05) is 16.8 Å².